The Morgan fingerprint density at radius 2 is 2.05 bits per heavy atom. The lowest BCUT2D eigenvalue weighted by Crippen LogP contribution is -1.93. The number of aromatic nitrogens is 2. The van der Waals surface area contributed by atoms with Crippen LogP contribution >= 0.6 is 0 Å². The van der Waals surface area contributed by atoms with Gasteiger partial charge >= 0.3 is 0 Å². The molecular formula is C18H12FN3. The predicted octanol–water partition coefficient (Wildman–Crippen LogP) is 3.43. The predicted molar refractivity (Wildman–Crippen MR) is 84.2 cm³/mol. The van der Waals surface area contributed by atoms with Crippen LogP contribution in [0.4, 0.5) is 4.39 Å². The zero-order valence-corrected chi connectivity index (χ0v) is 11.7. The van der Waals surface area contributed by atoms with E-state index in [1.165, 1.54) is 12.1 Å². The van der Waals surface area contributed by atoms with Gasteiger partial charge in [0.05, 0.1) is 17.4 Å². The van der Waals surface area contributed by atoms with Gasteiger partial charge in [0.25, 0.3) is 0 Å². The zero-order valence-electron chi connectivity index (χ0n) is 11.7. The molecule has 0 radical (unpaired) electrons. The summed E-state index contributed by atoms with van der Waals surface area (Å²) < 4.78 is 14.6. The highest BCUT2D eigenvalue weighted by atomic mass is 19.1. The molecule has 1 aromatic heterocycles. The van der Waals surface area contributed by atoms with E-state index in [0.29, 0.717) is 6.42 Å². The van der Waals surface area contributed by atoms with E-state index in [4.69, 9.17) is 0 Å². The lowest BCUT2D eigenvalue weighted by atomic mass is 10.2. The lowest BCUT2D eigenvalue weighted by molar-refractivity contribution is 0.627. The largest absolute Gasteiger partial charge is 0.263 e. The van der Waals surface area contributed by atoms with Crippen molar-refractivity contribution in [3.8, 4) is 17.5 Å². The Labute approximate surface area is 127 Å². The third-order valence-corrected chi connectivity index (χ3v) is 2.97. The van der Waals surface area contributed by atoms with E-state index < -0.39 is 0 Å². The molecule has 0 fully saturated rings. The second-order valence-electron chi connectivity index (χ2n) is 4.59. The highest BCUT2D eigenvalue weighted by molar-refractivity contribution is 5.71. The molecule has 0 amide bonds. The number of rotatable bonds is 1. The van der Waals surface area contributed by atoms with Crippen LogP contribution in [0.2, 0.25) is 0 Å². The average molecular weight is 289 g/mol. The van der Waals surface area contributed by atoms with Crippen LogP contribution in [0.3, 0.4) is 0 Å². The first-order valence-electron chi connectivity index (χ1n) is 6.76. The highest BCUT2D eigenvalue weighted by Gasteiger charge is 1.99. The summed E-state index contributed by atoms with van der Waals surface area (Å²) in [6.07, 6.45) is 11.3. The molecule has 4 heteroatoms. The summed E-state index contributed by atoms with van der Waals surface area (Å²) in [5, 5.41) is 4.23. The van der Waals surface area contributed by atoms with Crippen molar-refractivity contribution in [2.24, 2.45) is 4.99 Å². The molecule has 22 heavy (non-hydrogen) atoms. The van der Waals surface area contributed by atoms with Gasteiger partial charge in [-0.25, -0.2) is 9.07 Å². The second-order valence-corrected chi connectivity index (χ2v) is 4.59. The summed E-state index contributed by atoms with van der Waals surface area (Å²) in [5.74, 6) is 5.87. The SMILES string of the molecule is Fc1ccc(-n2cc(C#C/C3=C/N=CC=C=CC3)cn2)cc1. The van der Waals surface area contributed by atoms with Gasteiger partial charge in [-0.1, -0.05) is 11.8 Å². The molecule has 0 atom stereocenters. The lowest BCUT2D eigenvalue weighted by Gasteiger charge is -1.99. The van der Waals surface area contributed by atoms with E-state index in [0.717, 1.165) is 16.8 Å². The van der Waals surface area contributed by atoms with Crippen LogP contribution in [0, 0.1) is 17.7 Å². The standard InChI is InChI=1S/C18H12FN3/c19-17-7-9-18(10-8-17)22-14-16(13-21-22)6-5-15-4-2-1-3-11-20-12-15/h2-3,7-14H,4H2/b15-12+,20-11?. The summed E-state index contributed by atoms with van der Waals surface area (Å²) in [6.45, 7) is 0. The number of benzene rings is 1. The smallest absolute Gasteiger partial charge is 0.123 e. The van der Waals surface area contributed by atoms with Gasteiger partial charge in [0.1, 0.15) is 5.82 Å². The summed E-state index contributed by atoms with van der Waals surface area (Å²) in [5.41, 5.74) is 5.48. The number of aliphatic imine (C=N–C) groups is 1. The van der Waals surface area contributed by atoms with E-state index in [2.05, 4.69) is 27.7 Å². The summed E-state index contributed by atoms with van der Waals surface area (Å²) >= 11 is 0. The molecule has 1 aliphatic heterocycles. The summed E-state index contributed by atoms with van der Waals surface area (Å²) in [7, 11) is 0. The maximum atomic E-state index is 12.9. The molecule has 2 heterocycles. The molecule has 0 unspecified atom stereocenters. The van der Waals surface area contributed by atoms with Crippen LogP contribution in [-0.2, 0) is 0 Å². The third kappa shape index (κ3) is 3.49. The van der Waals surface area contributed by atoms with E-state index in [9.17, 15) is 4.39 Å². The maximum Gasteiger partial charge on any atom is 0.123 e. The van der Waals surface area contributed by atoms with E-state index >= 15 is 0 Å². The number of halogens is 1. The van der Waals surface area contributed by atoms with Crippen molar-refractivity contribution in [2.75, 3.05) is 0 Å². The molecule has 3 rings (SSSR count). The summed E-state index contributed by atoms with van der Waals surface area (Å²) in [6, 6.07) is 6.14. The van der Waals surface area contributed by atoms with Crippen molar-refractivity contribution in [2.45, 2.75) is 6.42 Å². The molecule has 0 N–H and O–H groups in total. The topological polar surface area (TPSA) is 30.2 Å². The minimum absolute atomic E-state index is 0.269. The molecular weight excluding hydrogens is 277 g/mol. The Morgan fingerprint density at radius 3 is 2.91 bits per heavy atom. The zero-order chi connectivity index (χ0) is 15.2. The minimum Gasteiger partial charge on any atom is -0.263 e. The Bertz CT molecular complexity index is 852. The first kappa shape index (κ1) is 13.8. The van der Waals surface area contributed by atoms with Crippen LogP contribution in [0.15, 0.2) is 71.3 Å². The molecule has 3 nitrogen and oxygen atoms in total. The van der Waals surface area contributed by atoms with E-state index in [-0.39, 0.29) is 5.82 Å². The number of nitrogens with zero attached hydrogens (tertiary/aromatic N) is 3. The van der Waals surface area contributed by atoms with Crippen molar-refractivity contribution in [3.63, 3.8) is 0 Å². The highest BCUT2D eigenvalue weighted by Crippen LogP contribution is 2.09. The Hall–Kier alpha value is -3.15. The average Bonchev–Trinajstić information content (AvgIpc) is 2.96. The number of hydrogen-bond acceptors (Lipinski definition) is 2. The second kappa shape index (κ2) is 6.53. The van der Waals surface area contributed by atoms with Gasteiger partial charge in [0, 0.05) is 30.6 Å². The monoisotopic (exact) mass is 289 g/mol. The van der Waals surface area contributed by atoms with Gasteiger partial charge in [-0.05, 0) is 36.4 Å². The van der Waals surface area contributed by atoms with Crippen LogP contribution in [0.25, 0.3) is 5.69 Å². The first-order valence-corrected chi connectivity index (χ1v) is 6.76. The van der Waals surface area contributed by atoms with Gasteiger partial charge in [0.2, 0.25) is 0 Å². The van der Waals surface area contributed by atoms with E-state index in [1.807, 2.05) is 12.3 Å². The fourth-order valence-electron chi connectivity index (χ4n) is 1.87. The number of allylic oxidation sites excluding steroid dienone is 2. The van der Waals surface area contributed by atoms with Gasteiger partial charge in [-0.15, -0.1) is 5.73 Å². The van der Waals surface area contributed by atoms with Crippen LogP contribution < -0.4 is 0 Å². The van der Waals surface area contributed by atoms with Crippen molar-refractivity contribution in [1.82, 2.24) is 9.78 Å². The molecule has 0 aliphatic carbocycles. The van der Waals surface area contributed by atoms with Crippen molar-refractivity contribution < 1.29 is 4.39 Å². The van der Waals surface area contributed by atoms with Gasteiger partial charge in [-0.2, -0.15) is 5.10 Å². The molecule has 0 spiro atoms. The third-order valence-electron chi connectivity index (χ3n) is 2.97. The summed E-state index contributed by atoms with van der Waals surface area (Å²) in [4.78, 5) is 4.10. The van der Waals surface area contributed by atoms with Gasteiger partial charge in [0.15, 0.2) is 0 Å². The molecule has 1 aromatic carbocycles. The Balaban J connectivity index is 1.79. The minimum atomic E-state index is -0.269. The van der Waals surface area contributed by atoms with Gasteiger partial charge in [-0.3, -0.25) is 4.99 Å². The molecule has 1 aliphatic rings. The van der Waals surface area contributed by atoms with Crippen molar-refractivity contribution >= 4 is 6.21 Å². The maximum absolute atomic E-state index is 12.9. The quantitative estimate of drug-likeness (QED) is 0.584. The van der Waals surface area contributed by atoms with Crippen LogP contribution in [0.5, 0.6) is 0 Å². The fraction of sp³-hybridized carbons (Fsp3) is 0.0556. The molecule has 0 saturated carbocycles. The van der Waals surface area contributed by atoms with Crippen molar-refractivity contribution in [1.29, 1.82) is 0 Å². The van der Waals surface area contributed by atoms with E-state index in [1.54, 1.807) is 41.5 Å². The molecule has 106 valence electrons. The van der Waals surface area contributed by atoms with Crippen LogP contribution in [0.1, 0.15) is 12.0 Å². The molecule has 0 saturated heterocycles. The fourth-order valence-corrected chi connectivity index (χ4v) is 1.87. The van der Waals surface area contributed by atoms with Gasteiger partial charge < -0.3 is 0 Å². The Kier molecular flexibility index (Phi) is 4.10. The number of hydrogen-bond donors (Lipinski definition) is 0. The van der Waals surface area contributed by atoms with Crippen LogP contribution in [-0.4, -0.2) is 16.0 Å². The normalized spacial score (nSPS) is 15.4. The molecule has 0 bridgehead atoms. The Morgan fingerprint density at radius 1 is 1.18 bits per heavy atom. The van der Waals surface area contributed by atoms with Crippen molar-refractivity contribution in [3.05, 3.63) is 77.7 Å². The first-order chi connectivity index (χ1) is 10.8. The molecule has 2 aromatic rings.